The van der Waals surface area contributed by atoms with Gasteiger partial charge in [0.1, 0.15) is 10.8 Å². The molecule has 0 fully saturated rings. The number of rotatable bonds is 8. The number of amides is 1. The van der Waals surface area contributed by atoms with E-state index in [-0.39, 0.29) is 25.2 Å². The minimum absolute atomic E-state index is 0.0537. The van der Waals surface area contributed by atoms with Gasteiger partial charge in [0.05, 0.1) is 18.6 Å². The highest BCUT2D eigenvalue weighted by Gasteiger charge is 2.29. The maximum Gasteiger partial charge on any atom is 0.341 e. The van der Waals surface area contributed by atoms with Crippen molar-refractivity contribution in [1.29, 1.82) is 0 Å². The Labute approximate surface area is 162 Å². The molecule has 27 heavy (non-hydrogen) atoms. The number of anilines is 1. The van der Waals surface area contributed by atoms with Crippen molar-refractivity contribution in [3.8, 4) is 0 Å². The number of thiophene rings is 1. The molecule has 1 atom stereocenters. The fourth-order valence-corrected chi connectivity index (χ4v) is 4.33. The Kier molecular flexibility index (Phi) is 7.53. The van der Waals surface area contributed by atoms with Gasteiger partial charge in [0.15, 0.2) is 6.61 Å². The molecule has 0 spiro atoms. The van der Waals surface area contributed by atoms with Crippen LogP contribution in [-0.4, -0.2) is 36.8 Å². The molecule has 1 amide bonds. The molecule has 1 aliphatic rings. The van der Waals surface area contributed by atoms with Gasteiger partial charge in [-0.1, -0.05) is 6.92 Å². The van der Waals surface area contributed by atoms with Crippen LogP contribution in [0, 0.1) is 5.92 Å². The molecule has 0 aliphatic heterocycles. The number of Topliss-reactive ketones (excluding diaryl/α,β-unsaturated/α-hetero) is 1. The summed E-state index contributed by atoms with van der Waals surface area (Å²) in [6.07, 6.45) is 2.65. The molecule has 0 radical (unpaired) electrons. The lowest BCUT2D eigenvalue weighted by Crippen LogP contribution is -2.22. The number of carbonyl (C=O) groups is 4. The maximum atomic E-state index is 12.4. The Bertz CT molecular complexity index is 739. The quantitative estimate of drug-likeness (QED) is 0.680. The molecule has 1 N–H and O–H groups in total. The highest BCUT2D eigenvalue weighted by Crippen LogP contribution is 2.40. The molecule has 0 saturated carbocycles. The molecular weight excluding hydrogens is 370 g/mol. The van der Waals surface area contributed by atoms with Crippen LogP contribution in [0.15, 0.2) is 0 Å². The van der Waals surface area contributed by atoms with Gasteiger partial charge < -0.3 is 19.6 Å². The predicted molar refractivity (Wildman–Crippen MR) is 101 cm³/mol. The van der Waals surface area contributed by atoms with E-state index in [9.17, 15) is 19.2 Å². The van der Waals surface area contributed by atoms with E-state index in [2.05, 4.69) is 12.2 Å². The number of hydrogen-bond donors (Lipinski definition) is 1. The van der Waals surface area contributed by atoms with Crippen LogP contribution < -0.4 is 5.32 Å². The number of ether oxygens (including phenoxy) is 2. The highest BCUT2D eigenvalue weighted by molar-refractivity contribution is 7.17. The van der Waals surface area contributed by atoms with Crippen LogP contribution >= 0.6 is 11.3 Å². The van der Waals surface area contributed by atoms with Crippen molar-refractivity contribution in [2.24, 2.45) is 5.92 Å². The van der Waals surface area contributed by atoms with Crippen LogP contribution in [0.25, 0.3) is 0 Å². The number of hydrogen-bond acceptors (Lipinski definition) is 7. The zero-order chi connectivity index (χ0) is 20.0. The fraction of sp³-hybridized carbons (Fsp3) is 0.579. The fourth-order valence-electron chi connectivity index (χ4n) is 2.92. The second-order valence-electron chi connectivity index (χ2n) is 6.69. The van der Waals surface area contributed by atoms with Gasteiger partial charge in [0.2, 0.25) is 0 Å². The molecular formula is C19H25NO6S. The number of carbonyl (C=O) groups excluding carboxylic acids is 4. The monoisotopic (exact) mass is 395 g/mol. The van der Waals surface area contributed by atoms with Gasteiger partial charge in [-0.25, -0.2) is 4.79 Å². The summed E-state index contributed by atoms with van der Waals surface area (Å²) in [5.74, 6) is -1.17. The summed E-state index contributed by atoms with van der Waals surface area (Å²) in [5, 5.41) is 3.12. The molecule has 0 unspecified atom stereocenters. The summed E-state index contributed by atoms with van der Waals surface area (Å²) in [5.41, 5.74) is 1.37. The first-order valence-electron chi connectivity index (χ1n) is 9.08. The molecule has 0 bridgehead atoms. The lowest BCUT2D eigenvalue weighted by molar-refractivity contribution is -0.148. The van der Waals surface area contributed by atoms with Crippen molar-refractivity contribution in [1.82, 2.24) is 0 Å². The molecule has 0 saturated heterocycles. The molecule has 1 heterocycles. The largest absolute Gasteiger partial charge is 0.462 e. The van der Waals surface area contributed by atoms with Gasteiger partial charge in [0.25, 0.3) is 5.91 Å². The lowest BCUT2D eigenvalue weighted by Gasteiger charge is -2.18. The van der Waals surface area contributed by atoms with Gasteiger partial charge in [-0.05, 0) is 44.6 Å². The van der Waals surface area contributed by atoms with Crippen molar-refractivity contribution in [3.05, 3.63) is 16.0 Å². The van der Waals surface area contributed by atoms with E-state index < -0.39 is 24.5 Å². The molecule has 2 rings (SSSR count). The van der Waals surface area contributed by atoms with E-state index in [1.54, 1.807) is 6.92 Å². The van der Waals surface area contributed by atoms with E-state index >= 15 is 0 Å². The summed E-state index contributed by atoms with van der Waals surface area (Å²) in [6, 6.07) is 0. The van der Waals surface area contributed by atoms with Gasteiger partial charge in [0, 0.05) is 11.3 Å². The van der Waals surface area contributed by atoms with E-state index in [0.717, 1.165) is 29.7 Å². The molecule has 148 valence electrons. The highest BCUT2D eigenvalue weighted by atomic mass is 32.1. The minimum Gasteiger partial charge on any atom is -0.462 e. The number of ketones is 1. The number of nitrogens with one attached hydrogen (secondary N) is 1. The van der Waals surface area contributed by atoms with E-state index in [1.165, 1.54) is 18.3 Å². The average Bonchev–Trinajstić information content (AvgIpc) is 2.95. The predicted octanol–water partition coefficient (Wildman–Crippen LogP) is 2.90. The topological polar surface area (TPSA) is 98.8 Å². The van der Waals surface area contributed by atoms with Crippen LogP contribution in [0.1, 0.15) is 60.8 Å². The smallest absolute Gasteiger partial charge is 0.341 e. The molecule has 7 nitrogen and oxygen atoms in total. The van der Waals surface area contributed by atoms with E-state index in [0.29, 0.717) is 16.5 Å². The Balaban J connectivity index is 2.06. The van der Waals surface area contributed by atoms with Crippen LogP contribution in [0.2, 0.25) is 0 Å². The second kappa shape index (κ2) is 9.64. The summed E-state index contributed by atoms with van der Waals surface area (Å²) < 4.78 is 10.0. The zero-order valence-corrected chi connectivity index (χ0v) is 16.7. The van der Waals surface area contributed by atoms with E-state index in [1.807, 2.05) is 0 Å². The Morgan fingerprint density at radius 2 is 1.93 bits per heavy atom. The lowest BCUT2D eigenvalue weighted by atomic mass is 9.88. The van der Waals surface area contributed by atoms with Gasteiger partial charge in [-0.2, -0.15) is 0 Å². The molecule has 1 aromatic rings. The average molecular weight is 395 g/mol. The van der Waals surface area contributed by atoms with Gasteiger partial charge in [-0.3, -0.25) is 9.59 Å². The first-order chi connectivity index (χ1) is 12.8. The SMILES string of the molecule is CCOC(=O)c1c(NC(=O)COC(=O)CCC(C)=O)sc2c1CC[C@H](C)C2. The summed E-state index contributed by atoms with van der Waals surface area (Å²) in [4.78, 5) is 48.1. The first kappa shape index (κ1) is 21.1. The first-order valence-corrected chi connectivity index (χ1v) is 9.90. The maximum absolute atomic E-state index is 12.4. The number of esters is 2. The van der Waals surface area contributed by atoms with Crippen molar-refractivity contribution < 1.29 is 28.7 Å². The third-order valence-corrected chi connectivity index (χ3v) is 5.46. The molecule has 1 aromatic heterocycles. The van der Waals surface area contributed by atoms with Crippen LogP contribution in [0.4, 0.5) is 5.00 Å². The standard InChI is InChI=1S/C19H25NO6S/c1-4-25-19(24)17-13-7-5-11(2)9-14(13)27-18(17)20-15(22)10-26-16(23)8-6-12(3)21/h11H,4-10H2,1-3H3,(H,20,22)/t11-/m0/s1. The third-order valence-electron chi connectivity index (χ3n) is 4.29. The van der Waals surface area contributed by atoms with Gasteiger partial charge >= 0.3 is 11.9 Å². The summed E-state index contributed by atoms with van der Waals surface area (Å²) in [7, 11) is 0. The van der Waals surface area contributed by atoms with Crippen molar-refractivity contribution in [2.45, 2.75) is 52.9 Å². The molecule has 0 aromatic carbocycles. The zero-order valence-electron chi connectivity index (χ0n) is 15.9. The normalized spacial score (nSPS) is 15.6. The number of fused-ring (bicyclic) bond motifs is 1. The molecule has 1 aliphatic carbocycles. The summed E-state index contributed by atoms with van der Waals surface area (Å²) >= 11 is 1.38. The Morgan fingerprint density at radius 1 is 1.19 bits per heavy atom. The summed E-state index contributed by atoms with van der Waals surface area (Å²) in [6.45, 7) is 5.07. The Hall–Kier alpha value is -2.22. The third kappa shape index (κ3) is 5.89. The van der Waals surface area contributed by atoms with Crippen LogP contribution in [0.5, 0.6) is 0 Å². The van der Waals surface area contributed by atoms with Crippen molar-refractivity contribution in [2.75, 3.05) is 18.5 Å². The van der Waals surface area contributed by atoms with Crippen LogP contribution in [0.3, 0.4) is 0 Å². The minimum atomic E-state index is -0.606. The van der Waals surface area contributed by atoms with Gasteiger partial charge in [-0.15, -0.1) is 11.3 Å². The van der Waals surface area contributed by atoms with Crippen molar-refractivity contribution in [3.63, 3.8) is 0 Å². The van der Waals surface area contributed by atoms with Crippen molar-refractivity contribution >= 4 is 40.0 Å². The molecule has 8 heteroatoms. The Morgan fingerprint density at radius 3 is 2.59 bits per heavy atom. The van der Waals surface area contributed by atoms with E-state index in [4.69, 9.17) is 9.47 Å². The second-order valence-corrected chi connectivity index (χ2v) is 7.79. The van der Waals surface area contributed by atoms with Crippen LogP contribution in [-0.2, 0) is 36.7 Å².